The first-order chi connectivity index (χ1) is 15.1. The molecule has 2 N–H and O–H groups in total. The Kier molecular flexibility index (Phi) is 4.51. The molecule has 3 aromatic carbocycles. The Balaban J connectivity index is 1.55. The molecular formula is C23H16FN5O2. The van der Waals surface area contributed by atoms with Crippen molar-refractivity contribution in [2.24, 2.45) is 0 Å². The van der Waals surface area contributed by atoms with Crippen LogP contribution in [0.3, 0.4) is 0 Å². The first-order valence-electron chi connectivity index (χ1n) is 9.60. The van der Waals surface area contributed by atoms with Crippen molar-refractivity contribution in [1.29, 1.82) is 0 Å². The number of carbonyl (C=O) groups excluding carboxylic acids is 1. The van der Waals surface area contributed by atoms with Crippen LogP contribution in [0.2, 0.25) is 0 Å². The number of benzene rings is 3. The van der Waals surface area contributed by atoms with Crippen LogP contribution in [0.1, 0.15) is 15.9 Å². The van der Waals surface area contributed by atoms with Crippen molar-refractivity contribution in [1.82, 2.24) is 25.1 Å². The Hall–Kier alpha value is -4.33. The second-order valence-electron chi connectivity index (χ2n) is 7.01. The van der Waals surface area contributed by atoms with Crippen LogP contribution < -0.4 is 10.9 Å². The average molecular weight is 413 g/mol. The average Bonchev–Trinajstić information content (AvgIpc) is 3.22. The highest BCUT2D eigenvalue weighted by atomic mass is 19.1. The van der Waals surface area contributed by atoms with E-state index in [4.69, 9.17) is 0 Å². The van der Waals surface area contributed by atoms with Gasteiger partial charge in [-0.1, -0.05) is 48.5 Å². The minimum Gasteiger partial charge on any atom is -0.348 e. The van der Waals surface area contributed by atoms with E-state index in [0.29, 0.717) is 33.4 Å². The molecule has 0 aliphatic heterocycles. The predicted octanol–water partition coefficient (Wildman–Crippen LogP) is 3.31. The van der Waals surface area contributed by atoms with E-state index in [9.17, 15) is 14.0 Å². The Labute approximate surface area is 175 Å². The summed E-state index contributed by atoms with van der Waals surface area (Å²) in [5.41, 5.74) is 2.50. The topological polar surface area (TPSA) is 92.2 Å². The lowest BCUT2D eigenvalue weighted by molar-refractivity contribution is 0.0950. The molecule has 0 atom stereocenters. The Bertz CT molecular complexity index is 1490. The zero-order valence-corrected chi connectivity index (χ0v) is 16.2. The Morgan fingerprint density at radius 3 is 2.61 bits per heavy atom. The largest absolute Gasteiger partial charge is 0.348 e. The molecule has 0 fully saturated rings. The van der Waals surface area contributed by atoms with Crippen LogP contribution in [0.15, 0.2) is 77.6 Å². The maximum Gasteiger partial charge on any atom is 0.281 e. The lowest BCUT2D eigenvalue weighted by atomic mass is 10.1. The number of nitrogens with zero attached hydrogens (tertiary/aromatic N) is 3. The fourth-order valence-electron chi connectivity index (χ4n) is 3.48. The third-order valence-electron chi connectivity index (χ3n) is 5.07. The summed E-state index contributed by atoms with van der Waals surface area (Å²) in [7, 11) is 0. The zero-order chi connectivity index (χ0) is 21.4. The zero-order valence-electron chi connectivity index (χ0n) is 16.2. The predicted molar refractivity (Wildman–Crippen MR) is 114 cm³/mol. The molecule has 8 heteroatoms. The van der Waals surface area contributed by atoms with Gasteiger partial charge in [0, 0.05) is 23.2 Å². The van der Waals surface area contributed by atoms with Crippen LogP contribution in [0, 0.1) is 5.82 Å². The van der Waals surface area contributed by atoms with Gasteiger partial charge in [0.15, 0.2) is 5.65 Å². The van der Waals surface area contributed by atoms with Crippen molar-refractivity contribution >= 4 is 22.5 Å². The van der Waals surface area contributed by atoms with Crippen molar-refractivity contribution in [3.05, 3.63) is 100 Å². The molecule has 0 unspecified atom stereocenters. The molecule has 0 radical (unpaired) electrons. The number of hydrogen-bond acceptors (Lipinski definition) is 4. The molecular weight excluding hydrogens is 397 g/mol. The van der Waals surface area contributed by atoms with E-state index >= 15 is 0 Å². The van der Waals surface area contributed by atoms with Gasteiger partial charge in [-0.05, 0) is 24.3 Å². The summed E-state index contributed by atoms with van der Waals surface area (Å²) in [6.07, 6.45) is 0. The van der Waals surface area contributed by atoms with Crippen LogP contribution >= 0.6 is 0 Å². The first-order valence-corrected chi connectivity index (χ1v) is 9.60. The number of nitrogens with one attached hydrogen (secondary N) is 2. The van der Waals surface area contributed by atoms with Gasteiger partial charge in [-0.2, -0.15) is 10.1 Å². The minimum absolute atomic E-state index is 0.0530. The second-order valence-corrected chi connectivity index (χ2v) is 7.01. The van der Waals surface area contributed by atoms with E-state index in [-0.39, 0.29) is 18.3 Å². The molecule has 0 saturated heterocycles. The molecule has 5 aromatic rings. The standard InChI is InChI=1S/C23H16FN5O2/c24-18-9-5-4-8-16(18)13-25-22(30)15-10-11-17-19(12-15)29-21(26-23(17)31)20(27-28-29)14-6-2-1-3-7-14/h1-12,28H,13H2,(H,25,30). The van der Waals surface area contributed by atoms with E-state index < -0.39 is 5.56 Å². The summed E-state index contributed by atoms with van der Waals surface area (Å²) in [6, 6.07) is 20.3. The second kappa shape index (κ2) is 7.49. The number of aromatic nitrogens is 4. The SMILES string of the molecule is O=C(NCc1ccccc1F)c1ccc2c(=O)nc3c(-c4ccccc4)n[nH]n3c2c1. The molecule has 31 heavy (non-hydrogen) atoms. The third kappa shape index (κ3) is 3.33. The number of carbonyl (C=O) groups is 1. The maximum absolute atomic E-state index is 13.8. The molecule has 0 aliphatic carbocycles. The molecule has 0 aliphatic rings. The highest BCUT2D eigenvalue weighted by molar-refractivity contribution is 5.98. The lowest BCUT2D eigenvalue weighted by Gasteiger charge is -2.08. The molecule has 0 spiro atoms. The van der Waals surface area contributed by atoms with Gasteiger partial charge in [0.1, 0.15) is 11.5 Å². The molecule has 2 heterocycles. The fourth-order valence-corrected chi connectivity index (χ4v) is 3.48. The molecule has 152 valence electrons. The molecule has 2 aromatic heterocycles. The van der Waals surface area contributed by atoms with Gasteiger partial charge in [0.05, 0.1) is 10.9 Å². The molecule has 7 nitrogen and oxygen atoms in total. The summed E-state index contributed by atoms with van der Waals surface area (Å²) in [4.78, 5) is 29.4. The first kappa shape index (κ1) is 18.7. The Morgan fingerprint density at radius 2 is 1.81 bits per heavy atom. The van der Waals surface area contributed by atoms with Gasteiger partial charge < -0.3 is 5.32 Å². The van der Waals surface area contributed by atoms with Gasteiger partial charge in [-0.3, -0.25) is 9.59 Å². The van der Waals surface area contributed by atoms with Gasteiger partial charge >= 0.3 is 0 Å². The number of aromatic amines is 1. The Morgan fingerprint density at radius 1 is 1.03 bits per heavy atom. The van der Waals surface area contributed by atoms with Gasteiger partial charge in [0.2, 0.25) is 0 Å². The number of hydrogen-bond donors (Lipinski definition) is 2. The molecule has 1 amide bonds. The van der Waals surface area contributed by atoms with Gasteiger partial charge in [0.25, 0.3) is 11.5 Å². The summed E-state index contributed by atoms with van der Waals surface area (Å²) in [6.45, 7) is 0.0530. The summed E-state index contributed by atoms with van der Waals surface area (Å²) >= 11 is 0. The van der Waals surface area contributed by atoms with Crippen molar-refractivity contribution < 1.29 is 9.18 Å². The van der Waals surface area contributed by atoms with Crippen LogP contribution in [0.5, 0.6) is 0 Å². The molecule has 0 saturated carbocycles. The van der Waals surface area contributed by atoms with Crippen molar-refractivity contribution in [2.75, 3.05) is 0 Å². The smallest absolute Gasteiger partial charge is 0.281 e. The quantitative estimate of drug-likeness (QED) is 0.473. The number of H-pyrrole nitrogens is 1. The van der Waals surface area contributed by atoms with E-state index in [0.717, 1.165) is 5.56 Å². The van der Waals surface area contributed by atoms with Crippen LogP contribution in [0.4, 0.5) is 4.39 Å². The third-order valence-corrected chi connectivity index (χ3v) is 5.07. The van der Waals surface area contributed by atoms with Crippen LogP contribution in [0.25, 0.3) is 27.8 Å². The van der Waals surface area contributed by atoms with Crippen molar-refractivity contribution in [3.8, 4) is 11.3 Å². The normalized spacial score (nSPS) is 11.1. The van der Waals surface area contributed by atoms with Gasteiger partial charge in [-0.15, -0.1) is 0 Å². The van der Waals surface area contributed by atoms with E-state index in [2.05, 4.69) is 20.6 Å². The number of halogens is 1. The molecule has 0 bridgehead atoms. The fraction of sp³-hybridized carbons (Fsp3) is 0.0435. The number of fused-ring (bicyclic) bond motifs is 3. The van der Waals surface area contributed by atoms with Gasteiger partial charge in [-0.25, -0.2) is 14.1 Å². The monoisotopic (exact) mass is 413 g/mol. The highest BCUT2D eigenvalue weighted by Crippen LogP contribution is 2.22. The summed E-state index contributed by atoms with van der Waals surface area (Å²) in [5.74, 6) is -0.766. The van der Waals surface area contributed by atoms with E-state index in [1.807, 2.05) is 30.3 Å². The number of amides is 1. The highest BCUT2D eigenvalue weighted by Gasteiger charge is 2.16. The minimum atomic E-state index is -0.410. The van der Waals surface area contributed by atoms with Crippen molar-refractivity contribution in [2.45, 2.75) is 6.54 Å². The summed E-state index contributed by atoms with van der Waals surface area (Å²) < 4.78 is 15.4. The van der Waals surface area contributed by atoms with E-state index in [1.54, 1.807) is 40.9 Å². The summed E-state index contributed by atoms with van der Waals surface area (Å²) in [5, 5.41) is 10.2. The lowest BCUT2D eigenvalue weighted by Crippen LogP contribution is -2.23. The van der Waals surface area contributed by atoms with Crippen LogP contribution in [-0.2, 0) is 6.54 Å². The van der Waals surface area contributed by atoms with E-state index in [1.165, 1.54) is 6.07 Å². The van der Waals surface area contributed by atoms with Crippen molar-refractivity contribution in [3.63, 3.8) is 0 Å². The maximum atomic E-state index is 13.8. The number of rotatable bonds is 4. The molecule has 5 rings (SSSR count). The van der Waals surface area contributed by atoms with Crippen LogP contribution in [-0.4, -0.2) is 25.7 Å².